The molecule has 0 atom stereocenters. The molecule has 0 aliphatic heterocycles. The van der Waals surface area contributed by atoms with Gasteiger partial charge in [0.05, 0.1) is 10.6 Å². The average Bonchev–Trinajstić information content (AvgIpc) is 3.25. The van der Waals surface area contributed by atoms with Crippen LogP contribution in [0.25, 0.3) is 0 Å². The maximum Gasteiger partial charge on any atom is 0.267 e. The first-order valence-electron chi connectivity index (χ1n) is 8.24. The van der Waals surface area contributed by atoms with E-state index < -0.39 is 25.8 Å². The third-order valence-electron chi connectivity index (χ3n) is 3.93. The summed E-state index contributed by atoms with van der Waals surface area (Å²) < 4.78 is 56.6. The van der Waals surface area contributed by atoms with Crippen LogP contribution in [0.1, 0.15) is 20.9 Å². The van der Waals surface area contributed by atoms with Crippen molar-refractivity contribution in [1.29, 1.82) is 0 Å². The molecule has 2 heterocycles. The summed E-state index contributed by atoms with van der Waals surface area (Å²) in [6.07, 6.45) is 1.02. The molecule has 160 valence electrons. The van der Waals surface area contributed by atoms with Crippen molar-refractivity contribution in [1.82, 2.24) is 5.16 Å². The second kappa shape index (κ2) is 8.02. The molecule has 0 unspecified atom stereocenters. The smallest absolute Gasteiger partial charge is 0.267 e. The maximum absolute atomic E-state index is 12.8. The standard InChI is InChI=1S/C17H16ClN3O6S3/c1-9-4-5-11(13(8-9)29(3,23)24)19-16(22)15-12(6-7-28-15)30(25,26)21-17-14(18)10(2)20-27-17/h4-8,21H,1-3H3,(H,19,22). The van der Waals surface area contributed by atoms with E-state index in [0.717, 1.165) is 17.6 Å². The van der Waals surface area contributed by atoms with E-state index in [4.69, 9.17) is 16.1 Å². The molecule has 3 aromatic rings. The Labute approximate surface area is 182 Å². The number of sulfonamides is 1. The number of carbonyl (C=O) groups is 1. The Bertz CT molecular complexity index is 1340. The van der Waals surface area contributed by atoms with Crippen LogP contribution in [-0.2, 0) is 19.9 Å². The molecule has 13 heteroatoms. The number of thiophene rings is 1. The Morgan fingerprint density at radius 1 is 1.13 bits per heavy atom. The number of rotatable bonds is 6. The van der Waals surface area contributed by atoms with E-state index in [2.05, 4.69) is 15.2 Å². The summed E-state index contributed by atoms with van der Waals surface area (Å²) in [7, 11) is -7.86. The number of hydrogen-bond acceptors (Lipinski definition) is 8. The molecule has 0 radical (unpaired) electrons. The summed E-state index contributed by atoms with van der Waals surface area (Å²) in [5.74, 6) is -1.05. The van der Waals surface area contributed by atoms with Crippen molar-refractivity contribution < 1.29 is 26.2 Å². The molecular formula is C17H16ClN3O6S3. The molecular weight excluding hydrogens is 474 g/mol. The van der Waals surface area contributed by atoms with Crippen LogP contribution in [0.4, 0.5) is 11.6 Å². The highest BCUT2D eigenvalue weighted by Crippen LogP contribution is 2.31. The lowest BCUT2D eigenvalue weighted by atomic mass is 10.2. The molecule has 9 nitrogen and oxygen atoms in total. The fourth-order valence-electron chi connectivity index (χ4n) is 2.49. The molecule has 30 heavy (non-hydrogen) atoms. The summed E-state index contributed by atoms with van der Waals surface area (Å²) >= 11 is 6.82. The van der Waals surface area contributed by atoms with Gasteiger partial charge >= 0.3 is 0 Å². The van der Waals surface area contributed by atoms with Gasteiger partial charge in [0, 0.05) is 6.26 Å². The fraction of sp³-hybridized carbons (Fsp3) is 0.176. The van der Waals surface area contributed by atoms with E-state index in [1.54, 1.807) is 13.0 Å². The van der Waals surface area contributed by atoms with Crippen molar-refractivity contribution in [3.8, 4) is 0 Å². The number of aryl methyl sites for hydroxylation is 2. The van der Waals surface area contributed by atoms with Gasteiger partial charge in [-0.3, -0.25) is 4.79 Å². The van der Waals surface area contributed by atoms with Crippen molar-refractivity contribution >= 4 is 60.3 Å². The highest BCUT2D eigenvalue weighted by Gasteiger charge is 2.27. The largest absolute Gasteiger partial charge is 0.336 e. The molecule has 0 aliphatic rings. The number of amides is 1. The van der Waals surface area contributed by atoms with Gasteiger partial charge < -0.3 is 9.84 Å². The van der Waals surface area contributed by atoms with Gasteiger partial charge in [0.2, 0.25) is 0 Å². The number of halogens is 1. The Morgan fingerprint density at radius 2 is 1.83 bits per heavy atom. The van der Waals surface area contributed by atoms with Crippen molar-refractivity contribution in [2.45, 2.75) is 23.6 Å². The number of anilines is 2. The predicted octanol–water partition coefficient (Wildman–Crippen LogP) is 3.46. The number of nitrogens with zero attached hydrogens (tertiary/aromatic N) is 1. The Hall–Kier alpha value is -2.41. The molecule has 2 aromatic heterocycles. The number of nitrogens with one attached hydrogen (secondary N) is 2. The summed E-state index contributed by atoms with van der Waals surface area (Å²) in [4.78, 5) is 12.3. The van der Waals surface area contributed by atoms with E-state index in [9.17, 15) is 21.6 Å². The van der Waals surface area contributed by atoms with Crippen LogP contribution in [0.15, 0.2) is 44.0 Å². The van der Waals surface area contributed by atoms with Crippen LogP contribution < -0.4 is 10.0 Å². The first-order valence-corrected chi connectivity index (χ1v) is 12.9. The predicted molar refractivity (Wildman–Crippen MR) is 114 cm³/mol. The van der Waals surface area contributed by atoms with E-state index in [0.29, 0.717) is 11.3 Å². The molecule has 3 rings (SSSR count). The molecule has 0 spiro atoms. The second-order valence-corrected chi connectivity index (χ2v) is 11.3. The van der Waals surface area contributed by atoms with Gasteiger partial charge in [-0.2, -0.15) is 0 Å². The normalized spacial score (nSPS) is 12.0. The lowest BCUT2D eigenvalue weighted by Gasteiger charge is -2.11. The van der Waals surface area contributed by atoms with E-state index in [-0.39, 0.29) is 31.3 Å². The SMILES string of the molecule is Cc1ccc(NC(=O)c2sccc2S(=O)(=O)Nc2onc(C)c2Cl)c(S(C)(=O)=O)c1. The van der Waals surface area contributed by atoms with Crippen molar-refractivity contribution in [3.63, 3.8) is 0 Å². The summed E-state index contributed by atoms with van der Waals surface area (Å²) in [5.41, 5.74) is 1.04. The zero-order valence-electron chi connectivity index (χ0n) is 15.9. The Balaban J connectivity index is 1.94. The molecule has 2 N–H and O–H groups in total. The second-order valence-electron chi connectivity index (χ2n) is 6.36. The summed E-state index contributed by atoms with van der Waals surface area (Å²) in [6, 6.07) is 5.74. The first-order chi connectivity index (χ1) is 13.9. The minimum Gasteiger partial charge on any atom is -0.336 e. The first kappa shape index (κ1) is 22.3. The molecule has 0 saturated carbocycles. The minimum atomic E-state index is -4.23. The Kier molecular flexibility index (Phi) is 5.96. The number of sulfone groups is 1. The number of hydrogen-bond donors (Lipinski definition) is 2. The molecule has 0 fully saturated rings. The summed E-state index contributed by atoms with van der Waals surface area (Å²) in [5, 5.41) is 7.46. The van der Waals surface area contributed by atoms with Crippen LogP contribution in [0.2, 0.25) is 5.02 Å². The monoisotopic (exact) mass is 489 g/mol. The van der Waals surface area contributed by atoms with Crippen LogP contribution in [0.5, 0.6) is 0 Å². The number of benzene rings is 1. The highest BCUT2D eigenvalue weighted by atomic mass is 35.5. The van der Waals surface area contributed by atoms with Gasteiger partial charge in [0.15, 0.2) is 9.84 Å². The zero-order valence-corrected chi connectivity index (χ0v) is 19.1. The zero-order chi connectivity index (χ0) is 22.3. The van der Waals surface area contributed by atoms with Gasteiger partial charge in [0.25, 0.3) is 21.8 Å². The number of carbonyl (C=O) groups excluding carboxylic acids is 1. The average molecular weight is 490 g/mol. The minimum absolute atomic E-state index is 0.00254. The maximum atomic E-state index is 12.8. The van der Waals surface area contributed by atoms with Crippen molar-refractivity contribution in [2.24, 2.45) is 0 Å². The topological polar surface area (TPSA) is 135 Å². The van der Waals surface area contributed by atoms with Crippen LogP contribution in [0.3, 0.4) is 0 Å². The molecule has 1 aromatic carbocycles. The Morgan fingerprint density at radius 3 is 2.43 bits per heavy atom. The van der Waals surface area contributed by atoms with Crippen LogP contribution in [-0.4, -0.2) is 34.2 Å². The molecule has 0 bridgehead atoms. The summed E-state index contributed by atoms with van der Waals surface area (Å²) in [6.45, 7) is 3.25. The van der Waals surface area contributed by atoms with Crippen LogP contribution in [0, 0.1) is 13.8 Å². The lowest BCUT2D eigenvalue weighted by molar-refractivity contribution is 0.102. The van der Waals surface area contributed by atoms with Gasteiger partial charge in [-0.05, 0) is 43.0 Å². The lowest BCUT2D eigenvalue weighted by Crippen LogP contribution is -2.19. The quantitative estimate of drug-likeness (QED) is 0.541. The van der Waals surface area contributed by atoms with Gasteiger partial charge in [-0.15, -0.1) is 11.3 Å². The van der Waals surface area contributed by atoms with Crippen LogP contribution >= 0.6 is 22.9 Å². The van der Waals surface area contributed by atoms with E-state index in [1.807, 2.05) is 0 Å². The van der Waals surface area contributed by atoms with E-state index in [1.165, 1.54) is 30.5 Å². The van der Waals surface area contributed by atoms with Gasteiger partial charge in [0.1, 0.15) is 20.5 Å². The van der Waals surface area contributed by atoms with Gasteiger partial charge in [-0.1, -0.05) is 22.8 Å². The highest BCUT2D eigenvalue weighted by molar-refractivity contribution is 7.93. The van der Waals surface area contributed by atoms with Gasteiger partial charge in [-0.25, -0.2) is 21.6 Å². The third-order valence-corrected chi connectivity index (χ3v) is 7.93. The molecule has 0 saturated heterocycles. The number of aromatic nitrogens is 1. The fourth-order valence-corrected chi connectivity index (χ4v) is 5.90. The molecule has 1 amide bonds. The van der Waals surface area contributed by atoms with Crippen molar-refractivity contribution in [2.75, 3.05) is 16.3 Å². The van der Waals surface area contributed by atoms with Crippen molar-refractivity contribution in [3.05, 3.63) is 50.8 Å². The third kappa shape index (κ3) is 4.51. The molecule has 0 aliphatic carbocycles. The van der Waals surface area contributed by atoms with E-state index >= 15 is 0 Å².